The Balaban J connectivity index is 2.41. The van der Waals surface area contributed by atoms with Gasteiger partial charge in [-0.3, -0.25) is 19.2 Å². The fraction of sp³-hybridized carbons (Fsp3) is 0.692. The zero-order valence-electron chi connectivity index (χ0n) is 11.9. The molecule has 0 radical (unpaired) electrons. The molecule has 112 valence electrons. The van der Waals surface area contributed by atoms with Crippen molar-refractivity contribution in [1.82, 2.24) is 9.80 Å². The number of carbonyl (C=O) groups excluding carboxylic acids is 4. The van der Waals surface area contributed by atoms with Crippen LogP contribution in [-0.2, 0) is 23.9 Å². The maximum absolute atomic E-state index is 11.8. The lowest BCUT2D eigenvalue weighted by molar-refractivity contribution is -0.156. The lowest BCUT2D eigenvalue weighted by atomic mass is 10.2. The summed E-state index contributed by atoms with van der Waals surface area (Å²) < 4.78 is 4.72. The van der Waals surface area contributed by atoms with Crippen molar-refractivity contribution >= 4 is 23.6 Å². The molecule has 1 saturated heterocycles. The summed E-state index contributed by atoms with van der Waals surface area (Å²) in [6.45, 7) is 4.91. The van der Waals surface area contributed by atoms with Gasteiger partial charge in [0.05, 0.1) is 19.6 Å². The number of Topliss-reactive ketones (excluding diaryl/α,β-unsaturated/α-hetero) is 1. The summed E-state index contributed by atoms with van der Waals surface area (Å²) in [5.74, 6) is -1.90. The van der Waals surface area contributed by atoms with Crippen LogP contribution in [0.25, 0.3) is 0 Å². The van der Waals surface area contributed by atoms with E-state index in [4.69, 9.17) is 4.74 Å². The van der Waals surface area contributed by atoms with E-state index in [1.165, 1.54) is 9.80 Å². The fourth-order valence-electron chi connectivity index (χ4n) is 1.93. The molecular formula is C13H20N2O5. The minimum atomic E-state index is -0.650. The molecule has 0 saturated carbocycles. The van der Waals surface area contributed by atoms with Crippen LogP contribution in [0.5, 0.6) is 0 Å². The Labute approximate surface area is 117 Å². The van der Waals surface area contributed by atoms with E-state index >= 15 is 0 Å². The van der Waals surface area contributed by atoms with Crippen LogP contribution in [0.4, 0.5) is 0 Å². The van der Waals surface area contributed by atoms with Crippen molar-refractivity contribution in [2.45, 2.75) is 26.7 Å². The van der Waals surface area contributed by atoms with Gasteiger partial charge in [0, 0.05) is 26.1 Å². The molecule has 0 aliphatic carbocycles. The molecule has 1 fully saturated rings. The van der Waals surface area contributed by atoms with E-state index in [2.05, 4.69) is 0 Å². The van der Waals surface area contributed by atoms with Gasteiger partial charge >= 0.3 is 17.8 Å². The minimum absolute atomic E-state index is 0.00371. The van der Waals surface area contributed by atoms with Crippen molar-refractivity contribution in [2.75, 3.05) is 32.8 Å². The van der Waals surface area contributed by atoms with Gasteiger partial charge in [0.1, 0.15) is 0 Å². The van der Waals surface area contributed by atoms with Gasteiger partial charge in [0.15, 0.2) is 5.78 Å². The average Bonchev–Trinajstić information content (AvgIpc) is 2.42. The first-order valence-electron chi connectivity index (χ1n) is 6.75. The van der Waals surface area contributed by atoms with Crippen molar-refractivity contribution in [3.63, 3.8) is 0 Å². The van der Waals surface area contributed by atoms with Gasteiger partial charge in [0.25, 0.3) is 0 Å². The van der Waals surface area contributed by atoms with E-state index in [0.29, 0.717) is 19.6 Å². The molecule has 0 atom stereocenters. The van der Waals surface area contributed by atoms with Gasteiger partial charge in [-0.25, -0.2) is 0 Å². The molecule has 20 heavy (non-hydrogen) atoms. The maximum Gasteiger partial charge on any atom is 0.312 e. The predicted molar refractivity (Wildman–Crippen MR) is 69.7 cm³/mol. The van der Waals surface area contributed by atoms with Gasteiger partial charge in [0.2, 0.25) is 0 Å². The minimum Gasteiger partial charge on any atom is -0.466 e. The Morgan fingerprint density at radius 2 is 1.65 bits per heavy atom. The van der Waals surface area contributed by atoms with Crippen LogP contribution in [0, 0.1) is 0 Å². The summed E-state index contributed by atoms with van der Waals surface area (Å²) in [4.78, 5) is 48.9. The van der Waals surface area contributed by atoms with E-state index < -0.39 is 17.8 Å². The highest BCUT2D eigenvalue weighted by atomic mass is 16.5. The number of piperazine rings is 1. The van der Waals surface area contributed by atoms with Gasteiger partial charge in [-0.1, -0.05) is 0 Å². The molecule has 1 rings (SSSR count). The monoisotopic (exact) mass is 284 g/mol. The molecule has 7 heteroatoms. The zero-order chi connectivity index (χ0) is 15.1. The molecule has 0 spiro atoms. The van der Waals surface area contributed by atoms with Crippen LogP contribution >= 0.6 is 0 Å². The maximum atomic E-state index is 11.8. The number of rotatable bonds is 7. The lowest BCUT2D eigenvalue weighted by Crippen LogP contribution is -2.55. The van der Waals surface area contributed by atoms with Gasteiger partial charge in [-0.2, -0.15) is 0 Å². The normalized spacial score (nSPS) is 15.5. The number of ether oxygens (including phenoxy) is 1. The highest BCUT2D eigenvalue weighted by Gasteiger charge is 2.32. The molecule has 1 aliphatic rings. The van der Waals surface area contributed by atoms with Crippen LogP contribution in [0.3, 0.4) is 0 Å². The molecule has 1 aliphatic heterocycles. The topological polar surface area (TPSA) is 84.0 Å². The van der Waals surface area contributed by atoms with Gasteiger partial charge in [-0.15, -0.1) is 0 Å². The smallest absolute Gasteiger partial charge is 0.312 e. The molecule has 0 unspecified atom stereocenters. The first kappa shape index (κ1) is 16.1. The summed E-state index contributed by atoms with van der Waals surface area (Å²) in [6.07, 6.45) is 0.0258. The number of hydrogen-bond acceptors (Lipinski definition) is 5. The predicted octanol–water partition coefficient (Wildman–Crippen LogP) is -0.410. The van der Waals surface area contributed by atoms with Crippen molar-refractivity contribution < 1.29 is 23.9 Å². The lowest BCUT2D eigenvalue weighted by Gasteiger charge is -2.32. The third-order valence-corrected chi connectivity index (χ3v) is 3.06. The van der Waals surface area contributed by atoms with E-state index in [1.807, 2.05) is 0 Å². The molecule has 7 nitrogen and oxygen atoms in total. The molecule has 0 aromatic heterocycles. The molecule has 0 aromatic rings. The van der Waals surface area contributed by atoms with Crippen LogP contribution in [0.2, 0.25) is 0 Å². The summed E-state index contributed by atoms with van der Waals surface area (Å²) >= 11 is 0. The number of nitrogens with zero attached hydrogens (tertiary/aromatic N) is 2. The third-order valence-electron chi connectivity index (χ3n) is 3.06. The SMILES string of the molecule is CCOC(=O)CCC(=O)CN1CCN(CC)C(=O)C1=O. The van der Waals surface area contributed by atoms with Crippen molar-refractivity contribution in [2.24, 2.45) is 0 Å². The second-order valence-corrected chi connectivity index (χ2v) is 4.46. The standard InChI is InChI=1S/C13H20N2O5/c1-3-14-7-8-15(13(19)12(14)18)9-10(16)5-6-11(17)20-4-2/h3-9H2,1-2H3. The summed E-state index contributed by atoms with van der Waals surface area (Å²) in [6, 6.07) is 0. The summed E-state index contributed by atoms with van der Waals surface area (Å²) in [7, 11) is 0. The van der Waals surface area contributed by atoms with Gasteiger partial charge < -0.3 is 14.5 Å². The number of ketones is 1. The number of hydrogen-bond donors (Lipinski definition) is 0. The quantitative estimate of drug-likeness (QED) is 0.469. The Morgan fingerprint density at radius 3 is 2.25 bits per heavy atom. The number of carbonyl (C=O) groups is 4. The van der Waals surface area contributed by atoms with E-state index in [1.54, 1.807) is 13.8 Å². The van der Waals surface area contributed by atoms with Crippen LogP contribution in [0.15, 0.2) is 0 Å². The number of likely N-dealkylation sites (N-methyl/N-ethyl adjacent to an activating group) is 1. The highest BCUT2D eigenvalue weighted by Crippen LogP contribution is 2.06. The van der Waals surface area contributed by atoms with E-state index in [-0.39, 0.29) is 31.8 Å². The molecule has 1 heterocycles. The van der Waals surface area contributed by atoms with Crippen molar-refractivity contribution in [1.29, 1.82) is 0 Å². The Morgan fingerprint density at radius 1 is 1.05 bits per heavy atom. The number of esters is 1. The first-order valence-corrected chi connectivity index (χ1v) is 6.75. The third kappa shape index (κ3) is 4.32. The molecule has 2 amide bonds. The van der Waals surface area contributed by atoms with E-state index in [9.17, 15) is 19.2 Å². The average molecular weight is 284 g/mol. The van der Waals surface area contributed by atoms with Crippen LogP contribution < -0.4 is 0 Å². The van der Waals surface area contributed by atoms with Gasteiger partial charge in [-0.05, 0) is 13.8 Å². The largest absolute Gasteiger partial charge is 0.466 e. The Kier molecular flexibility index (Phi) is 6.14. The van der Waals surface area contributed by atoms with E-state index in [0.717, 1.165) is 0 Å². The fourth-order valence-corrected chi connectivity index (χ4v) is 1.93. The molecular weight excluding hydrogens is 264 g/mol. The summed E-state index contributed by atoms with van der Waals surface area (Å²) in [5.41, 5.74) is 0. The summed E-state index contributed by atoms with van der Waals surface area (Å²) in [5, 5.41) is 0. The second-order valence-electron chi connectivity index (χ2n) is 4.46. The molecule has 0 bridgehead atoms. The van der Waals surface area contributed by atoms with Crippen LogP contribution in [0.1, 0.15) is 26.7 Å². The van der Waals surface area contributed by atoms with Crippen molar-refractivity contribution in [3.05, 3.63) is 0 Å². The zero-order valence-corrected chi connectivity index (χ0v) is 11.9. The molecule has 0 aromatic carbocycles. The first-order chi connectivity index (χ1) is 9.49. The Hall–Kier alpha value is -1.92. The van der Waals surface area contributed by atoms with Crippen molar-refractivity contribution in [3.8, 4) is 0 Å². The van der Waals surface area contributed by atoms with Crippen LogP contribution in [-0.4, -0.2) is 66.2 Å². The Bertz CT molecular complexity index is 408. The molecule has 0 N–H and O–H groups in total. The number of amides is 2. The second kappa shape index (κ2) is 7.62. The highest BCUT2D eigenvalue weighted by molar-refractivity contribution is 6.35.